The van der Waals surface area contributed by atoms with Crippen LogP contribution in [0.5, 0.6) is 0 Å². The van der Waals surface area contributed by atoms with Crippen molar-refractivity contribution in [1.29, 1.82) is 0 Å². The number of benzene rings is 1. The van der Waals surface area contributed by atoms with Crippen molar-refractivity contribution in [2.24, 2.45) is 5.16 Å². The van der Waals surface area contributed by atoms with Gasteiger partial charge in [-0.25, -0.2) is 0 Å². The molecular formula is C12H15NO4S. The smallest absolute Gasteiger partial charge is 0.316 e. The molecule has 18 heavy (non-hydrogen) atoms. The van der Waals surface area contributed by atoms with Gasteiger partial charge < -0.3 is 15.1 Å². The van der Waals surface area contributed by atoms with Crippen molar-refractivity contribution >= 4 is 23.9 Å². The summed E-state index contributed by atoms with van der Waals surface area (Å²) in [5.74, 6) is -0.464. The Hall–Kier alpha value is -1.53. The van der Waals surface area contributed by atoms with Gasteiger partial charge in [0.2, 0.25) is 0 Å². The highest BCUT2D eigenvalue weighted by molar-refractivity contribution is 8.01. The molecule has 0 spiro atoms. The summed E-state index contributed by atoms with van der Waals surface area (Å²) in [5, 5.41) is 21.8. The maximum Gasteiger partial charge on any atom is 0.316 e. The first-order chi connectivity index (χ1) is 8.62. The van der Waals surface area contributed by atoms with Crippen molar-refractivity contribution in [2.45, 2.75) is 11.9 Å². The Labute approximate surface area is 109 Å². The maximum atomic E-state index is 11.3. The van der Waals surface area contributed by atoms with Crippen molar-refractivity contribution in [3.63, 3.8) is 0 Å². The van der Waals surface area contributed by atoms with Crippen molar-refractivity contribution in [1.82, 2.24) is 0 Å². The summed E-state index contributed by atoms with van der Waals surface area (Å²) in [6.07, 6.45) is 0.978. The van der Waals surface area contributed by atoms with Crippen LogP contribution in [0.15, 0.2) is 35.5 Å². The molecule has 0 amide bonds. The Balaban J connectivity index is 2.79. The summed E-state index contributed by atoms with van der Waals surface area (Å²) in [4.78, 5) is 9.71. The van der Waals surface area contributed by atoms with Gasteiger partial charge in [0, 0.05) is 0 Å². The molecule has 5 nitrogen and oxygen atoms in total. The average Bonchev–Trinajstić information content (AvgIpc) is 2.38. The first-order valence-electron chi connectivity index (χ1n) is 5.38. The van der Waals surface area contributed by atoms with E-state index in [9.17, 15) is 9.90 Å². The largest absolute Gasteiger partial charge is 0.465 e. The lowest BCUT2D eigenvalue weighted by Crippen LogP contribution is -2.25. The quantitative estimate of drug-likeness (QED) is 0.269. The molecule has 0 aliphatic heterocycles. The zero-order valence-corrected chi connectivity index (χ0v) is 10.8. The van der Waals surface area contributed by atoms with E-state index in [0.717, 1.165) is 18.0 Å². The first kappa shape index (κ1) is 14.5. The standard InChI is InChI=1S/C12H15NO4S/c1-2-17-11(14)8-18-12(15,9-13-16)10-6-4-3-5-7-10/h3-7,9,15-16H,2,8H2,1H3. The van der Waals surface area contributed by atoms with Crippen LogP contribution < -0.4 is 0 Å². The minimum Gasteiger partial charge on any atom is -0.465 e. The van der Waals surface area contributed by atoms with Gasteiger partial charge in [-0.2, -0.15) is 0 Å². The number of ether oxygens (including phenoxy) is 1. The van der Waals surface area contributed by atoms with Crippen LogP contribution in [0.1, 0.15) is 12.5 Å². The van der Waals surface area contributed by atoms with Gasteiger partial charge in [0.05, 0.1) is 18.6 Å². The van der Waals surface area contributed by atoms with Crippen LogP contribution in [-0.2, 0) is 14.5 Å². The molecule has 0 saturated heterocycles. The molecule has 0 aromatic heterocycles. The highest BCUT2D eigenvalue weighted by Gasteiger charge is 2.29. The molecule has 1 aromatic rings. The summed E-state index contributed by atoms with van der Waals surface area (Å²) in [7, 11) is 0. The summed E-state index contributed by atoms with van der Waals surface area (Å²) in [5.41, 5.74) is 0.525. The Morgan fingerprint density at radius 2 is 2.17 bits per heavy atom. The van der Waals surface area contributed by atoms with Crippen LogP contribution in [0.4, 0.5) is 0 Å². The van der Waals surface area contributed by atoms with E-state index in [0.29, 0.717) is 5.56 Å². The third-order valence-electron chi connectivity index (χ3n) is 2.14. The SMILES string of the molecule is CCOC(=O)CSC(O)(C=NO)c1ccccc1. The van der Waals surface area contributed by atoms with Crippen molar-refractivity contribution in [3.8, 4) is 0 Å². The number of oxime groups is 1. The predicted molar refractivity (Wildman–Crippen MR) is 69.7 cm³/mol. The number of aliphatic hydroxyl groups is 1. The molecule has 0 aliphatic carbocycles. The molecule has 0 bridgehead atoms. The minimum absolute atomic E-state index is 0.0365. The maximum absolute atomic E-state index is 11.3. The fourth-order valence-electron chi connectivity index (χ4n) is 1.32. The highest BCUT2D eigenvalue weighted by atomic mass is 32.2. The molecule has 0 radical (unpaired) electrons. The van der Waals surface area contributed by atoms with Gasteiger partial charge >= 0.3 is 5.97 Å². The monoisotopic (exact) mass is 269 g/mol. The molecule has 0 fully saturated rings. The summed E-state index contributed by atoms with van der Waals surface area (Å²) < 4.78 is 4.77. The van der Waals surface area contributed by atoms with Crippen LogP contribution >= 0.6 is 11.8 Å². The van der Waals surface area contributed by atoms with Crippen LogP contribution in [-0.4, -0.2) is 34.9 Å². The Bertz CT molecular complexity index is 410. The third kappa shape index (κ3) is 4.05. The van der Waals surface area contributed by atoms with Crippen LogP contribution in [0.3, 0.4) is 0 Å². The Kier molecular flexibility index (Phi) is 5.67. The molecule has 1 aromatic carbocycles. The van der Waals surface area contributed by atoms with Crippen molar-refractivity contribution in [2.75, 3.05) is 12.4 Å². The van der Waals surface area contributed by atoms with Crippen molar-refractivity contribution < 1.29 is 19.8 Å². The van der Waals surface area contributed by atoms with E-state index in [1.54, 1.807) is 37.3 Å². The molecule has 1 rings (SSSR count). The van der Waals surface area contributed by atoms with Crippen LogP contribution in [0.25, 0.3) is 0 Å². The number of esters is 1. The zero-order chi connectivity index (χ0) is 13.4. The summed E-state index contributed by atoms with van der Waals surface area (Å²) in [6, 6.07) is 8.66. The Morgan fingerprint density at radius 3 is 2.72 bits per heavy atom. The molecule has 98 valence electrons. The number of carbonyl (C=O) groups excluding carboxylic acids is 1. The molecule has 1 atom stereocenters. The first-order valence-corrected chi connectivity index (χ1v) is 6.37. The second kappa shape index (κ2) is 7.03. The lowest BCUT2D eigenvalue weighted by atomic mass is 10.1. The Morgan fingerprint density at radius 1 is 1.50 bits per heavy atom. The number of rotatable bonds is 6. The molecule has 0 saturated carbocycles. The van der Waals surface area contributed by atoms with E-state index in [4.69, 9.17) is 9.94 Å². The lowest BCUT2D eigenvalue weighted by Gasteiger charge is -2.22. The average molecular weight is 269 g/mol. The van der Waals surface area contributed by atoms with E-state index in [2.05, 4.69) is 5.16 Å². The lowest BCUT2D eigenvalue weighted by molar-refractivity contribution is -0.139. The molecule has 2 N–H and O–H groups in total. The van der Waals surface area contributed by atoms with Gasteiger partial charge in [-0.15, -0.1) is 11.8 Å². The number of hydrogen-bond acceptors (Lipinski definition) is 6. The van der Waals surface area contributed by atoms with Gasteiger partial charge in [-0.05, 0) is 12.5 Å². The third-order valence-corrected chi connectivity index (χ3v) is 3.30. The van der Waals surface area contributed by atoms with E-state index in [1.807, 2.05) is 0 Å². The van der Waals surface area contributed by atoms with Crippen molar-refractivity contribution in [3.05, 3.63) is 35.9 Å². The molecule has 6 heteroatoms. The number of carbonyl (C=O) groups is 1. The summed E-state index contributed by atoms with van der Waals surface area (Å²) >= 11 is 0.921. The zero-order valence-electron chi connectivity index (χ0n) is 9.94. The number of nitrogens with zero attached hydrogens (tertiary/aromatic N) is 1. The highest BCUT2D eigenvalue weighted by Crippen LogP contribution is 2.32. The van der Waals surface area contributed by atoms with Gasteiger partial charge in [0.25, 0.3) is 0 Å². The normalized spacial score (nSPS) is 14.3. The van der Waals surface area contributed by atoms with Crippen LogP contribution in [0, 0.1) is 0 Å². The van der Waals surface area contributed by atoms with E-state index in [-0.39, 0.29) is 12.4 Å². The molecule has 0 aliphatic rings. The summed E-state index contributed by atoms with van der Waals surface area (Å²) in [6.45, 7) is 2.00. The van der Waals surface area contributed by atoms with E-state index in [1.165, 1.54) is 0 Å². The second-order valence-corrected chi connectivity index (χ2v) is 4.60. The van der Waals surface area contributed by atoms with E-state index >= 15 is 0 Å². The topological polar surface area (TPSA) is 79.1 Å². The molecular weight excluding hydrogens is 254 g/mol. The number of hydrogen-bond donors (Lipinski definition) is 2. The van der Waals surface area contributed by atoms with Gasteiger partial charge in [-0.3, -0.25) is 4.79 Å². The fourth-order valence-corrected chi connectivity index (χ4v) is 2.17. The predicted octanol–water partition coefficient (Wildman–Crippen LogP) is 1.59. The molecule has 0 heterocycles. The number of thioether (sulfide) groups is 1. The van der Waals surface area contributed by atoms with Gasteiger partial charge in [-0.1, -0.05) is 35.5 Å². The van der Waals surface area contributed by atoms with Crippen LogP contribution in [0.2, 0.25) is 0 Å². The van der Waals surface area contributed by atoms with E-state index < -0.39 is 10.9 Å². The van der Waals surface area contributed by atoms with Gasteiger partial charge in [0.15, 0.2) is 4.93 Å². The molecule has 1 unspecified atom stereocenters. The minimum atomic E-state index is -1.55. The fraction of sp³-hybridized carbons (Fsp3) is 0.333. The van der Waals surface area contributed by atoms with Gasteiger partial charge in [0.1, 0.15) is 0 Å². The second-order valence-electron chi connectivity index (χ2n) is 3.40.